The lowest BCUT2D eigenvalue weighted by Gasteiger charge is -2.33. The Morgan fingerprint density at radius 1 is 1.12 bits per heavy atom. The van der Waals surface area contributed by atoms with Crippen LogP contribution in [0.5, 0.6) is 5.75 Å². The quantitative estimate of drug-likeness (QED) is 0.445. The molecule has 5 nitrogen and oxygen atoms in total. The second kappa shape index (κ2) is 11.7. The Morgan fingerprint density at radius 3 is 2.33 bits per heavy atom. The summed E-state index contributed by atoms with van der Waals surface area (Å²) in [4.78, 5) is 28.1. The summed E-state index contributed by atoms with van der Waals surface area (Å²) < 4.78 is 6.70. The first-order valence-corrected chi connectivity index (χ1v) is 12.3. The SMILES string of the molecule is CCC(C(=O)NC(C)(C)C)N(Cc1ccccc1C)C(=O)COc1ccc(C(C)C)cc1Br. The summed E-state index contributed by atoms with van der Waals surface area (Å²) in [7, 11) is 0. The highest BCUT2D eigenvalue weighted by Gasteiger charge is 2.31. The van der Waals surface area contributed by atoms with Crippen molar-refractivity contribution in [3.63, 3.8) is 0 Å². The van der Waals surface area contributed by atoms with E-state index in [0.29, 0.717) is 24.6 Å². The van der Waals surface area contributed by atoms with Gasteiger partial charge in [0.1, 0.15) is 11.8 Å². The number of amides is 2. The number of nitrogens with one attached hydrogen (secondary N) is 1. The molecule has 1 unspecified atom stereocenters. The number of hydrogen-bond donors (Lipinski definition) is 1. The van der Waals surface area contributed by atoms with Crippen molar-refractivity contribution in [3.05, 3.63) is 63.6 Å². The smallest absolute Gasteiger partial charge is 0.261 e. The van der Waals surface area contributed by atoms with Crippen LogP contribution in [0.15, 0.2) is 46.9 Å². The summed E-state index contributed by atoms with van der Waals surface area (Å²) in [6, 6.07) is 13.2. The monoisotopic (exact) mass is 516 g/mol. The highest BCUT2D eigenvalue weighted by atomic mass is 79.9. The van der Waals surface area contributed by atoms with Gasteiger partial charge < -0.3 is 15.0 Å². The molecule has 2 aromatic rings. The first-order valence-electron chi connectivity index (χ1n) is 11.5. The molecule has 0 aliphatic heterocycles. The van der Waals surface area contributed by atoms with Crippen molar-refractivity contribution in [2.24, 2.45) is 0 Å². The van der Waals surface area contributed by atoms with Gasteiger partial charge in [0.25, 0.3) is 5.91 Å². The molecule has 0 fully saturated rings. The molecular weight excluding hydrogens is 480 g/mol. The summed E-state index contributed by atoms with van der Waals surface area (Å²) in [6.07, 6.45) is 0.506. The maximum absolute atomic E-state index is 13.4. The molecule has 33 heavy (non-hydrogen) atoms. The summed E-state index contributed by atoms with van der Waals surface area (Å²) in [6.45, 7) is 14.2. The van der Waals surface area contributed by atoms with E-state index in [-0.39, 0.29) is 24.0 Å². The van der Waals surface area contributed by atoms with Gasteiger partial charge in [-0.2, -0.15) is 0 Å². The van der Waals surface area contributed by atoms with Crippen LogP contribution in [0.2, 0.25) is 0 Å². The van der Waals surface area contributed by atoms with Crippen LogP contribution in [0.3, 0.4) is 0 Å². The molecule has 0 aromatic heterocycles. The van der Waals surface area contributed by atoms with Crippen molar-refractivity contribution in [2.75, 3.05) is 6.61 Å². The fraction of sp³-hybridized carbons (Fsp3) is 0.481. The molecule has 1 atom stereocenters. The van der Waals surface area contributed by atoms with Crippen LogP contribution in [-0.2, 0) is 16.1 Å². The van der Waals surface area contributed by atoms with Gasteiger partial charge in [-0.25, -0.2) is 0 Å². The first kappa shape index (κ1) is 26.9. The van der Waals surface area contributed by atoms with E-state index in [9.17, 15) is 9.59 Å². The van der Waals surface area contributed by atoms with Gasteiger partial charge >= 0.3 is 0 Å². The van der Waals surface area contributed by atoms with E-state index in [1.54, 1.807) is 4.90 Å². The lowest BCUT2D eigenvalue weighted by molar-refractivity contribution is -0.143. The molecule has 2 amide bonds. The minimum atomic E-state index is -0.591. The molecule has 0 aliphatic rings. The van der Waals surface area contributed by atoms with Crippen LogP contribution in [-0.4, -0.2) is 34.9 Å². The molecule has 0 radical (unpaired) electrons. The summed E-state index contributed by atoms with van der Waals surface area (Å²) in [5.41, 5.74) is 2.89. The highest BCUT2D eigenvalue weighted by molar-refractivity contribution is 9.10. The van der Waals surface area contributed by atoms with Gasteiger partial charge in [-0.05, 0) is 84.8 Å². The van der Waals surface area contributed by atoms with Crippen molar-refractivity contribution in [1.29, 1.82) is 0 Å². The van der Waals surface area contributed by atoms with Crippen molar-refractivity contribution in [3.8, 4) is 5.75 Å². The van der Waals surface area contributed by atoms with Crippen molar-refractivity contribution in [1.82, 2.24) is 10.2 Å². The normalized spacial score (nSPS) is 12.4. The number of rotatable bonds is 9. The second-order valence-electron chi connectivity index (χ2n) is 9.74. The molecular formula is C27H37BrN2O3. The van der Waals surface area contributed by atoms with Crippen molar-refractivity contribution < 1.29 is 14.3 Å². The summed E-state index contributed by atoms with van der Waals surface area (Å²) in [5, 5.41) is 3.02. The zero-order valence-corrected chi connectivity index (χ0v) is 22.5. The van der Waals surface area contributed by atoms with Crippen molar-refractivity contribution >= 4 is 27.7 Å². The summed E-state index contributed by atoms with van der Waals surface area (Å²) >= 11 is 3.55. The Labute approximate surface area is 207 Å². The average Bonchev–Trinajstić information content (AvgIpc) is 2.72. The van der Waals surface area contributed by atoms with Gasteiger partial charge in [-0.3, -0.25) is 9.59 Å². The van der Waals surface area contributed by atoms with Crippen LogP contribution in [0.1, 0.15) is 70.6 Å². The lowest BCUT2D eigenvalue weighted by Crippen LogP contribution is -2.54. The van der Waals surface area contributed by atoms with E-state index < -0.39 is 6.04 Å². The maximum atomic E-state index is 13.4. The molecule has 0 heterocycles. The van der Waals surface area contributed by atoms with Gasteiger partial charge in [-0.15, -0.1) is 0 Å². The van der Waals surface area contributed by atoms with Gasteiger partial charge in [0, 0.05) is 12.1 Å². The molecule has 0 saturated heterocycles. The Bertz CT molecular complexity index is 966. The van der Waals surface area contributed by atoms with Crippen LogP contribution < -0.4 is 10.1 Å². The number of carbonyl (C=O) groups is 2. The average molecular weight is 518 g/mol. The molecule has 2 rings (SSSR count). The number of nitrogens with zero attached hydrogens (tertiary/aromatic N) is 1. The van der Waals surface area contributed by atoms with Crippen molar-refractivity contribution in [2.45, 2.75) is 78.9 Å². The number of halogens is 1. The minimum Gasteiger partial charge on any atom is -0.483 e. The first-order chi connectivity index (χ1) is 15.4. The number of benzene rings is 2. The number of hydrogen-bond acceptors (Lipinski definition) is 3. The van der Waals surface area contributed by atoms with Gasteiger partial charge in [0.05, 0.1) is 4.47 Å². The molecule has 0 bridgehead atoms. The molecule has 0 saturated carbocycles. The Morgan fingerprint density at radius 2 is 1.79 bits per heavy atom. The third-order valence-corrected chi connectivity index (χ3v) is 6.08. The predicted octanol–water partition coefficient (Wildman–Crippen LogP) is 5.98. The fourth-order valence-electron chi connectivity index (χ4n) is 3.56. The van der Waals surface area contributed by atoms with E-state index in [1.165, 1.54) is 5.56 Å². The fourth-order valence-corrected chi connectivity index (χ4v) is 4.07. The lowest BCUT2D eigenvalue weighted by atomic mass is 10.0. The standard InChI is InChI=1S/C27H37BrN2O3/c1-8-23(26(32)29-27(5,6)7)30(16-21-12-10-9-11-19(21)4)25(31)17-33-24-14-13-20(18(2)3)15-22(24)28/h9-15,18,23H,8,16-17H2,1-7H3,(H,29,32). The number of ether oxygens (including phenoxy) is 1. The third kappa shape index (κ3) is 7.88. The zero-order chi connectivity index (χ0) is 24.8. The van der Waals surface area contributed by atoms with Gasteiger partial charge in [-0.1, -0.05) is 51.1 Å². The molecule has 2 aromatic carbocycles. The molecule has 180 valence electrons. The third-order valence-electron chi connectivity index (χ3n) is 5.46. The predicted molar refractivity (Wildman–Crippen MR) is 137 cm³/mol. The van der Waals surface area contributed by atoms with Crippen LogP contribution in [0, 0.1) is 6.92 Å². The van der Waals surface area contributed by atoms with E-state index >= 15 is 0 Å². The van der Waals surface area contributed by atoms with E-state index in [0.717, 1.165) is 15.6 Å². The Hall–Kier alpha value is -2.34. The zero-order valence-electron chi connectivity index (χ0n) is 20.9. The summed E-state index contributed by atoms with van der Waals surface area (Å²) in [5.74, 6) is 0.618. The topological polar surface area (TPSA) is 58.6 Å². The van der Waals surface area contributed by atoms with E-state index in [1.807, 2.05) is 77.1 Å². The molecule has 6 heteroatoms. The van der Waals surface area contributed by atoms with Crippen LogP contribution in [0.25, 0.3) is 0 Å². The minimum absolute atomic E-state index is 0.148. The molecule has 1 N–H and O–H groups in total. The highest BCUT2D eigenvalue weighted by Crippen LogP contribution is 2.29. The Balaban J connectivity index is 2.27. The number of carbonyl (C=O) groups excluding carboxylic acids is 2. The Kier molecular flexibility index (Phi) is 9.53. The molecule has 0 aliphatic carbocycles. The van der Waals surface area contributed by atoms with E-state index in [2.05, 4.69) is 35.1 Å². The maximum Gasteiger partial charge on any atom is 0.261 e. The largest absolute Gasteiger partial charge is 0.483 e. The molecule has 0 spiro atoms. The van der Waals surface area contributed by atoms with E-state index in [4.69, 9.17) is 4.74 Å². The van der Waals surface area contributed by atoms with Crippen LogP contribution >= 0.6 is 15.9 Å². The second-order valence-corrected chi connectivity index (χ2v) is 10.6. The van der Waals surface area contributed by atoms with Crippen LogP contribution in [0.4, 0.5) is 0 Å². The van der Waals surface area contributed by atoms with Gasteiger partial charge in [0.2, 0.25) is 5.91 Å². The number of aryl methyl sites for hydroxylation is 1. The van der Waals surface area contributed by atoms with Gasteiger partial charge in [0.15, 0.2) is 6.61 Å².